The third-order valence-corrected chi connectivity index (χ3v) is 3.44. The number of para-hydroxylation sites is 1. The molecule has 2 N–H and O–H groups in total. The van der Waals surface area contributed by atoms with Crippen molar-refractivity contribution in [3.63, 3.8) is 0 Å². The predicted molar refractivity (Wildman–Crippen MR) is 82.9 cm³/mol. The molecule has 3 nitrogen and oxygen atoms in total. The maximum atomic E-state index is 13.8. The van der Waals surface area contributed by atoms with E-state index >= 15 is 0 Å². The molecule has 5 heteroatoms. The summed E-state index contributed by atoms with van der Waals surface area (Å²) in [5, 5.41) is 5.84. The van der Waals surface area contributed by atoms with Crippen LogP contribution in [0.1, 0.15) is 11.1 Å². The molecular formula is C16H16ClFN2O. The molecule has 2 aromatic rings. The fourth-order valence-corrected chi connectivity index (χ4v) is 2.18. The van der Waals surface area contributed by atoms with Crippen LogP contribution >= 0.6 is 11.6 Å². The number of hydrogen-bond donors (Lipinski definition) is 2. The molecule has 0 spiro atoms. The Bertz CT molecular complexity index is 646. The molecule has 0 radical (unpaired) electrons. The minimum absolute atomic E-state index is 0.0711. The largest absolute Gasteiger partial charge is 0.381 e. The van der Waals surface area contributed by atoms with Crippen molar-refractivity contribution in [2.45, 2.75) is 13.0 Å². The van der Waals surface area contributed by atoms with Crippen molar-refractivity contribution in [2.75, 3.05) is 12.4 Å². The Morgan fingerprint density at radius 3 is 2.62 bits per heavy atom. The van der Waals surface area contributed by atoms with Crippen LogP contribution < -0.4 is 10.6 Å². The van der Waals surface area contributed by atoms with Gasteiger partial charge in [-0.25, -0.2) is 4.39 Å². The van der Waals surface area contributed by atoms with Crippen LogP contribution in [-0.4, -0.2) is 13.0 Å². The summed E-state index contributed by atoms with van der Waals surface area (Å²) in [6.07, 6.45) is 0.275. The molecule has 110 valence electrons. The topological polar surface area (TPSA) is 41.1 Å². The maximum Gasteiger partial charge on any atom is 0.224 e. The zero-order valence-corrected chi connectivity index (χ0v) is 12.4. The van der Waals surface area contributed by atoms with Crippen LogP contribution in [0, 0.1) is 5.82 Å². The first kappa shape index (κ1) is 15.3. The number of anilines is 1. The van der Waals surface area contributed by atoms with Gasteiger partial charge in [0.25, 0.3) is 0 Å². The Labute approximate surface area is 128 Å². The maximum absolute atomic E-state index is 13.8. The summed E-state index contributed by atoms with van der Waals surface area (Å²) in [5.74, 6) is -0.492. The summed E-state index contributed by atoms with van der Waals surface area (Å²) in [6, 6.07) is 12.4. The molecule has 0 aliphatic carbocycles. The molecule has 0 unspecified atom stereocenters. The van der Waals surface area contributed by atoms with Crippen molar-refractivity contribution in [3.05, 3.63) is 64.4 Å². The average molecular weight is 307 g/mol. The first-order valence-electron chi connectivity index (χ1n) is 6.57. The first-order valence-corrected chi connectivity index (χ1v) is 6.95. The van der Waals surface area contributed by atoms with Gasteiger partial charge in [-0.3, -0.25) is 4.79 Å². The van der Waals surface area contributed by atoms with Gasteiger partial charge in [0.2, 0.25) is 5.91 Å². The number of carbonyl (C=O) groups excluding carboxylic acids is 1. The second-order valence-corrected chi connectivity index (χ2v) is 4.98. The quantitative estimate of drug-likeness (QED) is 0.889. The van der Waals surface area contributed by atoms with E-state index in [1.54, 1.807) is 19.2 Å². The van der Waals surface area contributed by atoms with Gasteiger partial charge in [-0.2, -0.15) is 0 Å². The summed E-state index contributed by atoms with van der Waals surface area (Å²) in [4.78, 5) is 11.5. The van der Waals surface area contributed by atoms with Gasteiger partial charge in [-0.15, -0.1) is 0 Å². The van der Waals surface area contributed by atoms with Gasteiger partial charge in [-0.05, 0) is 17.7 Å². The highest BCUT2D eigenvalue weighted by atomic mass is 35.5. The number of amides is 1. The van der Waals surface area contributed by atoms with E-state index in [1.807, 2.05) is 24.3 Å². The van der Waals surface area contributed by atoms with E-state index in [2.05, 4.69) is 10.6 Å². The number of benzene rings is 2. The van der Waals surface area contributed by atoms with Crippen LogP contribution in [0.4, 0.5) is 10.1 Å². The number of carbonyl (C=O) groups is 1. The molecule has 0 aromatic heterocycles. The molecule has 0 aliphatic heterocycles. The van der Waals surface area contributed by atoms with Gasteiger partial charge >= 0.3 is 0 Å². The molecule has 2 aromatic carbocycles. The normalized spacial score (nSPS) is 10.2. The first-order chi connectivity index (χ1) is 10.1. The van der Waals surface area contributed by atoms with E-state index in [0.29, 0.717) is 12.1 Å². The van der Waals surface area contributed by atoms with Crippen LogP contribution in [0.2, 0.25) is 5.02 Å². The molecule has 0 fully saturated rings. The monoisotopic (exact) mass is 306 g/mol. The SMILES string of the molecule is CNC(=O)Cc1ccccc1NCc1cccc(Cl)c1F. The molecule has 0 aliphatic rings. The summed E-state index contributed by atoms with van der Waals surface area (Å²) >= 11 is 5.76. The molecule has 2 rings (SSSR count). The van der Waals surface area contributed by atoms with Gasteiger partial charge in [-0.1, -0.05) is 41.9 Å². The third-order valence-electron chi connectivity index (χ3n) is 3.15. The second-order valence-electron chi connectivity index (χ2n) is 4.57. The molecule has 21 heavy (non-hydrogen) atoms. The fourth-order valence-electron chi connectivity index (χ4n) is 1.98. The number of likely N-dealkylation sites (N-methyl/N-ethyl adjacent to an activating group) is 1. The van der Waals surface area contributed by atoms with E-state index in [0.717, 1.165) is 11.3 Å². The molecule has 1 amide bonds. The van der Waals surface area contributed by atoms with Crippen LogP contribution in [0.25, 0.3) is 0 Å². The number of hydrogen-bond acceptors (Lipinski definition) is 2. The van der Waals surface area contributed by atoms with Crippen molar-refractivity contribution in [3.8, 4) is 0 Å². The number of nitrogens with one attached hydrogen (secondary N) is 2. The molecular weight excluding hydrogens is 291 g/mol. The van der Waals surface area contributed by atoms with Crippen LogP contribution in [0.15, 0.2) is 42.5 Å². The summed E-state index contributed by atoms with van der Waals surface area (Å²) < 4.78 is 13.8. The Morgan fingerprint density at radius 2 is 1.86 bits per heavy atom. The highest BCUT2D eigenvalue weighted by Gasteiger charge is 2.09. The third kappa shape index (κ3) is 3.95. The molecule has 0 saturated heterocycles. The smallest absolute Gasteiger partial charge is 0.224 e. The van der Waals surface area contributed by atoms with Crippen LogP contribution in [0.5, 0.6) is 0 Å². The van der Waals surface area contributed by atoms with E-state index in [1.165, 1.54) is 6.07 Å². The Morgan fingerprint density at radius 1 is 1.14 bits per heavy atom. The van der Waals surface area contributed by atoms with Gasteiger partial charge in [0.05, 0.1) is 11.4 Å². The lowest BCUT2D eigenvalue weighted by Crippen LogP contribution is -2.20. The van der Waals surface area contributed by atoms with Crippen LogP contribution in [0.3, 0.4) is 0 Å². The zero-order chi connectivity index (χ0) is 15.2. The predicted octanol–water partition coefficient (Wildman–Crippen LogP) is 3.38. The van der Waals surface area contributed by atoms with Gasteiger partial charge < -0.3 is 10.6 Å². The van der Waals surface area contributed by atoms with E-state index in [-0.39, 0.29) is 17.4 Å². The molecule has 0 bridgehead atoms. The van der Waals surface area contributed by atoms with Gasteiger partial charge in [0, 0.05) is 24.8 Å². The zero-order valence-electron chi connectivity index (χ0n) is 11.6. The fraction of sp³-hybridized carbons (Fsp3) is 0.188. The Kier molecular flexibility index (Phi) is 5.17. The van der Waals surface area contributed by atoms with Crippen molar-refractivity contribution >= 4 is 23.2 Å². The van der Waals surface area contributed by atoms with Crippen molar-refractivity contribution in [2.24, 2.45) is 0 Å². The molecule has 0 saturated carbocycles. The average Bonchev–Trinajstić information content (AvgIpc) is 2.50. The lowest BCUT2D eigenvalue weighted by molar-refractivity contribution is -0.119. The lowest BCUT2D eigenvalue weighted by Gasteiger charge is -2.12. The second kappa shape index (κ2) is 7.09. The van der Waals surface area contributed by atoms with E-state index in [4.69, 9.17) is 11.6 Å². The highest BCUT2D eigenvalue weighted by molar-refractivity contribution is 6.30. The van der Waals surface area contributed by atoms with Crippen molar-refractivity contribution < 1.29 is 9.18 Å². The minimum atomic E-state index is -0.421. The Hall–Kier alpha value is -2.07. The summed E-state index contributed by atoms with van der Waals surface area (Å²) in [5.41, 5.74) is 2.15. The van der Waals surface area contributed by atoms with Gasteiger partial charge in [0.1, 0.15) is 5.82 Å². The summed E-state index contributed by atoms with van der Waals surface area (Å²) in [6.45, 7) is 0.303. The highest BCUT2D eigenvalue weighted by Crippen LogP contribution is 2.21. The van der Waals surface area contributed by atoms with Crippen molar-refractivity contribution in [1.82, 2.24) is 5.32 Å². The summed E-state index contributed by atoms with van der Waals surface area (Å²) in [7, 11) is 1.60. The minimum Gasteiger partial charge on any atom is -0.381 e. The molecule has 0 atom stereocenters. The standard InChI is InChI=1S/C16H16ClFN2O/c1-19-15(21)9-11-5-2-3-8-14(11)20-10-12-6-4-7-13(17)16(12)18/h2-8,20H,9-10H2,1H3,(H,19,21). The molecule has 0 heterocycles. The number of rotatable bonds is 5. The lowest BCUT2D eigenvalue weighted by atomic mass is 10.1. The van der Waals surface area contributed by atoms with Crippen LogP contribution in [-0.2, 0) is 17.8 Å². The van der Waals surface area contributed by atoms with E-state index < -0.39 is 5.82 Å². The van der Waals surface area contributed by atoms with Crippen molar-refractivity contribution in [1.29, 1.82) is 0 Å². The van der Waals surface area contributed by atoms with E-state index in [9.17, 15) is 9.18 Å². The number of halogens is 2. The Balaban J connectivity index is 2.13. The van der Waals surface area contributed by atoms with Gasteiger partial charge in [0.15, 0.2) is 0 Å².